The minimum absolute atomic E-state index is 0.110. The fraction of sp³-hybridized carbons (Fsp3) is 0.889. The lowest BCUT2D eigenvalue weighted by atomic mass is 9.96. The van der Waals surface area contributed by atoms with Gasteiger partial charge in [0.2, 0.25) is 5.41 Å². The Morgan fingerprint density at radius 1 is 0.605 bits per heavy atom. The van der Waals surface area contributed by atoms with E-state index in [9.17, 15) is 9.59 Å². The van der Waals surface area contributed by atoms with Crippen molar-refractivity contribution in [1.82, 2.24) is 10.6 Å². The summed E-state index contributed by atoms with van der Waals surface area (Å²) >= 11 is 0. The molecular weight excluding hydrogens is 640 g/mol. The maximum Gasteiger partial charge on any atom is 0.356 e. The molecule has 8 atom stereocenters. The number of carbonyl (C=O) groups is 2. The monoisotopic (exact) mass is 676 g/mol. The summed E-state index contributed by atoms with van der Waals surface area (Å²) in [5.74, 6) is -14.7. The van der Waals surface area contributed by atoms with Gasteiger partial charge in [0.25, 0.3) is 17.2 Å². The van der Waals surface area contributed by atoms with Crippen molar-refractivity contribution in [1.29, 1.82) is 0 Å². The van der Waals surface area contributed by atoms with Gasteiger partial charge < -0.3 is 29.6 Å². The Morgan fingerprint density at radius 2 is 0.974 bits per heavy atom. The third-order valence-corrected chi connectivity index (χ3v) is 12.0. The van der Waals surface area contributed by atoms with E-state index < -0.39 is 50.8 Å². The third-order valence-electron chi connectivity index (χ3n) is 5.12. The van der Waals surface area contributed by atoms with Crippen LogP contribution in [0.4, 0.5) is 26.3 Å². The molecule has 0 aromatic rings. The molecule has 0 aliphatic rings. The number of carbonyl (C=O) groups excluding carboxylic acids is 2. The first-order valence-corrected chi connectivity index (χ1v) is 14.4. The standard InChI is InChI=1S/C18H36F6N2O6P6/c1-3-29-9-31-7-5-25-11(27)13(19,33)15(21,22)16(23,24)18(37,38)17(35,36)14(20,34)12(28)26-6-8-32-10-30-4-2/h3-10,33-38H2,1-2H3,(H,25,27)(H,26,28). The van der Waals surface area contributed by atoms with Gasteiger partial charge in [-0.3, -0.25) is 9.59 Å². The Bertz CT molecular complexity index is 720. The Hall–Kier alpha value is 0.940. The quantitative estimate of drug-likeness (QED) is 0.0946. The molecule has 0 fully saturated rings. The van der Waals surface area contributed by atoms with Crippen LogP contribution in [0, 0.1) is 0 Å². The van der Waals surface area contributed by atoms with Crippen molar-refractivity contribution in [2.45, 2.75) is 46.3 Å². The molecule has 0 aromatic heterocycles. The SMILES string of the molecule is CCOCOCCNC(=O)C(F)(P)C(F)(F)C(F)(F)C(P)(P)C(P)(P)C(F)(P)C(=O)NCCOCOCC. The summed E-state index contributed by atoms with van der Waals surface area (Å²) in [4.78, 5) is 18.5. The maximum absolute atomic E-state index is 15.7. The number of hydrogen-bond acceptors (Lipinski definition) is 6. The Labute approximate surface area is 232 Å². The molecule has 0 saturated carbocycles. The van der Waals surface area contributed by atoms with Crippen molar-refractivity contribution in [3.8, 4) is 0 Å². The molecule has 2 amide bonds. The molecule has 226 valence electrons. The third kappa shape index (κ3) is 8.73. The molecule has 0 radical (unpaired) electrons. The van der Waals surface area contributed by atoms with E-state index in [1.807, 2.05) is 0 Å². The molecule has 0 heterocycles. The average Bonchev–Trinajstić information content (AvgIpc) is 2.82. The number of alkyl halides is 6. The topological polar surface area (TPSA) is 95.1 Å². The predicted octanol–water partition coefficient (Wildman–Crippen LogP) is 2.49. The first kappa shape index (κ1) is 38.9. The second kappa shape index (κ2) is 16.0. The van der Waals surface area contributed by atoms with Gasteiger partial charge in [0.05, 0.1) is 23.0 Å². The van der Waals surface area contributed by atoms with E-state index in [0.29, 0.717) is 13.2 Å². The Kier molecular flexibility index (Phi) is 16.4. The van der Waals surface area contributed by atoms with Crippen LogP contribution in [-0.2, 0) is 28.5 Å². The van der Waals surface area contributed by atoms with Crippen LogP contribution in [0.25, 0.3) is 0 Å². The van der Waals surface area contributed by atoms with Crippen molar-refractivity contribution in [2.75, 3.05) is 53.1 Å². The summed E-state index contributed by atoms with van der Waals surface area (Å²) in [7, 11) is 8.00. The zero-order valence-corrected chi connectivity index (χ0v) is 27.8. The van der Waals surface area contributed by atoms with E-state index in [4.69, 9.17) is 18.9 Å². The van der Waals surface area contributed by atoms with Crippen LogP contribution in [0.5, 0.6) is 0 Å². The molecular formula is C18H36F6N2O6P6. The molecule has 0 aromatic carbocycles. The van der Waals surface area contributed by atoms with Crippen molar-refractivity contribution < 1.29 is 54.9 Å². The van der Waals surface area contributed by atoms with Crippen LogP contribution >= 0.6 is 55.4 Å². The van der Waals surface area contributed by atoms with Crippen molar-refractivity contribution >= 4 is 67.3 Å². The van der Waals surface area contributed by atoms with Gasteiger partial charge in [-0.15, -0.1) is 37.0 Å². The zero-order chi connectivity index (χ0) is 30.1. The van der Waals surface area contributed by atoms with Gasteiger partial charge >= 0.3 is 11.8 Å². The molecule has 0 rings (SSSR count). The normalized spacial score (nSPS) is 16.5. The van der Waals surface area contributed by atoms with Crippen molar-refractivity contribution in [3.63, 3.8) is 0 Å². The highest BCUT2D eigenvalue weighted by Crippen LogP contribution is 2.68. The van der Waals surface area contributed by atoms with Gasteiger partial charge in [0.1, 0.15) is 13.6 Å². The molecule has 8 unspecified atom stereocenters. The number of halogens is 6. The molecule has 2 N–H and O–H groups in total. The summed E-state index contributed by atoms with van der Waals surface area (Å²) in [5, 5.41) is -4.04. The van der Waals surface area contributed by atoms with Crippen LogP contribution in [-0.4, -0.2) is 97.4 Å². The van der Waals surface area contributed by atoms with E-state index >= 15 is 26.3 Å². The predicted molar refractivity (Wildman–Crippen MR) is 152 cm³/mol. The second-order valence-electron chi connectivity index (χ2n) is 7.86. The fourth-order valence-electron chi connectivity index (χ4n) is 2.51. The number of amides is 2. The number of nitrogens with one attached hydrogen (secondary N) is 2. The van der Waals surface area contributed by atoms with Crippen LogP contribution < -0.4 is 10.6 Å². The summed E-state index contributed by atoms with van der Waals surface area (Å²) in [5.41, 5.74) is 0. The Balaban J connectivity index is 5.72. The van der Waals surface area contributed by atoms with Crippen molar-refractivity contribution in [2.24, 2.45) is 0 Å². The fourth-order valence-corrected chi connectivity index (χ4v) is 4.88. The lowest BCUT2D eigenvalue weighted by molar-refractivity contribution is -0.251. The summed E-state index contributed by atoms with van der Waals surface area (Å²) in [6.07, 6.45) is 0. The minimum atomic E-state index is -5.73. The van der Waals surface area contributed by atoms with Gasteiger partial charge in [-0.25, -0.2) is 8.78 Å². The van der Waals surface area contributed by atoms with Crippen molar-refractivity contribution in [3.05, 3.63) is 0 Å². The lowest BCUT2D eigenvalue weighted by Gasteiger charge is -2.52. The van der Waals surface area contributed by atoms with E-state index in [0.717, 1.165) is 9.24 Å². The largest absolute Gasteiger partial charge is 0.356 e. The maximum atomic E-state index is 15.7. The van der Waals surface area contributed by atoms with Crippen LogP contribution in [0.15, 0.2) is 0 Å². The first-order valence-electron chi connectivity index (χ1n) is 11.0. The van der Waals surface area contributed by atoms with Gasteiger partial charge in [-0.1, -0.05) is 18.5 Å². The number of rotatable bonds is 19. The van der Waals surface area contributed by atoms with Gasteiger partial charge in [0.15, 0.2) is 0 Å². The molecule has 0 saturated heterocycles. The van der Waals surface area contributed by atoms with Gasteiger partial charge in [-0.05, 0) is 13.8 Å². The Morgan fingerprint density at radius 3 is 1.34 bits per heavy atom. The van der Waals surface area contributed by atoms with E-state index in [-0.39, 0.29) is 33.3 Å². The minimum Gasteiger partial charge on any atom is -0.356 e. The zero-order valence-electron chi connectivity index (χ0n) is 20.8. The highest BCUT2D eigenvalue weighted by atomic mass is 31.1. The van der Waals surface area contributed by atoms with Crippen LogP contribution in [0.1, 0.15) is 13.8 Å². The van der Waals surface area contributed by atoms with Gasteiger partial charge in [0, 0.05) is 26.3 Å². The molecule has 0 spiro atoms. The summed E-state index contributed by atoms with van der Waals surface area (Å²) in [6.45, 7) is 2.58. The van der Waals surface area contributed by atoms with E-state index in [1.54, 1.807) is 37.6 Å². The van der Waals surface area contributed by atoms with Crippen LogP contribution in [0.3, 0.4) is 0 Å². The first-order chi connectivity index (χ1) is 17.2. The van der Waals surface area contributed by atoms with E-state index in [1.165, 1.54) is 27.7 Å². The molecule has 8 nitrogen and oxygen atoms in total. The summed E-state index contributed by atoms with van der Waals surface area (Å²) in [6, 6.07) is 0. The summed E-state index contributed by atoms with van der Waals surface area (Å²) < 4.78 is 112. The number of ether oxygens (including phenoxy) is 4. The average molecular weight is 676 g/mol. The molecule has 20 heteroatoms. The second-order valence-corrected chi connectivity index (χ2v) is 14.4. The molecule has 0 aliphatic carbocycles. The smallest absolute Gasteiger partial charge is 0.356 e. The van der Waals surface area contributed by atoms with Gasteiger partial charge in [-0.2, -0.15) is 17.6 Å². The molecule has 0 bridgehead atoms. The highest BCUT2D eigenvalue weighted by Gasteiger charge is 2.80. The lowest BCUT2D eigenvalue weighted by Crippen LogP contribution is -2.71. The van der Waals surface area contributed by atoms with Crippen LogP contribution in [0.2, 0.25) is 0 Å². The highest BCUT2D eigenvalue weighted by molar-refractivity contribution is 7.51. The molecule has 38 heavy (non-hydrogen) atoms. The molecule has 0 aliphatic heterocycles. The number of hydrogen-bond donors (Lipinski definition) is 2. The van der Waals surface area contributed by atoms with E-state index in [2.05, 4.69) is 5.32 Å².